The Balaban J connectivity index is 1.46. The van der Waals surface area contributed by atoms with Gasteiger partial charge in [0.15, 0.2) is 5.13 Å². The summed E-state index contributed by atoms with van der Waals surface area (Å²) in [6.07, 6.45) is 3.89. The number of carbonyl (C=O) groups excluding carboxylic acids is 1. The molecule has 1 saturated heterocycles. The number of benzene rings is 1. The maximum Gasteiger partial charge on any atom is 0.248 e. The fourth-order valence-corrected chi connectivity index (χ4v) is 3.84. The molecule has 1 aliphatic heterocycles. The second-order valence-electron chi connectivity index (χ2n) is 6.12. The van der Waals surface area contributed by atoms with E-state index in [0.29, 0.717) is 19.5 Å². The summed E-state index contributed by atoms with van der Waals surface area (Å²) in [5, 5.41) is 14.4. The summed E-state index contributed by atoms with van der Waals surface area (Å²) in [6.45, 7) is 2.91. The number of tetrazole rings is 1. The third kappa shape index (κ3) is 3.57. The van der Waals surface area contributed by atoms with Crippen molar-refractivity contribution in [1.29, 1.82) is 0 Å². The summed E-state index contributed by atoms with van der Waals surface area (Å²) in [4.78, 5) is 21.6. The molecule has 3 aromatic rings. The van der Waals surface area contributed by atoms with Gasteiger partial charge in [0.2, 0.25) is 5.91 Å². The number of amides is 1. The molecule has 2 aromatic heterocycles. The summed E-state index contributed by atoms with van der Waals surface area (Å²) in [5.41, 5.74) is 1.09. The Morgan fingerprint density at radius 1 is 1.15 bits per heavy atom. The minimum Gasteiger partial charge on any atom is -0.345 e. The number of aromatic nitrogens is 5. The van der Waals surface area contributed by atoms with Gasteiger partial charge in [-0.05, 0) is 16.0 Å². The van der Waals surface area contributed by atoms with Crippen molar-refractivity contribution in [2.45, 2.75) is 12.5 Å². The lowest BCUT2D eigenvalue weighted by Gasteiger charge is -2.36. The van der Waals surface area contributed by atoms with Crippen LogP contribution in [0.25, 0.3) is 0 Å². The highest BCUT2D eigenvalue weighted by atomic mass is 32.1. The smallest absolute Gasteiger partial charge is 0.248 e. The minimum atomic E-state index is -0.432. The van der Waals surface area contributed by atoms with Crippen LogP contribution in [0.15, 0.2) is 48.2 Å². The first-order valence-corrected chi connectivity index (χ1v) is 9.39. The normalized spacial score (nSPS) is 15.8. The molecule has 4 rings (SSSR count). The molecule has 3 heterocycles. The molecule has 0 spiro atoms. The molecule has 134 valence electrons. The van der Waals surface area contributed by atoms with E-state index in [1.807, 2.05) is 46.8 Å². The van der Waals surface area contributed by atoms with Crippen LogP contribution in [0, 0.1) is 0 Å². The molecule has 1 aliphatic rings. The highest BCUT2D eigenvalue weighted by Crippen LogP contribution is 2.21. The van der Waals surface area contributed by atoms with Crippen molar-refractivity contribution < 1.29 is 4.79 Å². The van der Waals surface area contributed by atoms with E-state index < -0.39 is 6.04 Å². The molecule has 0 bridgehead atoms. The van der Waals surface area contributed by atoms with Gasteiger partial charge in [-0.2, -0.15) is 0 Å². The summed E-state index contributed by atoms with van der Waals surface area (Å²) >= 11 is 1.63. The van der Waals surface area contributed by atoms with E-state index in [9.17, 15) is 4.79 Å². The molecule has 0 radical (unpaired) electrons. The average molecular weight is 369 g/mol. The van der Waals surface area contributed by atoms with Crippen LogP contribution in [0.1, 0.15) is 11.6 Å². The molecule has 26 heavy (non-hydrogen) atoms. The Labute approximate surface area is 155 Å². The fourth-order valence-electron chi connectivity index (χ4n) is 3.14. The number of anilines is 1. The van der Waals surface area contributed by atoms with Gasteiger partial charge >= 0.3 is 0 Å². The van der Waals surface area contributed by atoms with E-state index in [1.54, 1.807) is 16.0 Å². The number of hydrogen-bond acceptors (Lipinski definition) is 7. The van der Waals surface area contributed by atoms with Crippen molar-refractivity contribution in [2.75, 3.05) is 31.1 Å². The first-order chi connectivity index (χ1) is 12.8. The summed E-state index contributed by atoms with van der Waals surface area (Å²) < 4.78 is 1.56. The standard InChI is InChI=1S/C17H19N7OS/c25-16(22-7-9-23(10-8-22)17-18-6-11-26-17)15(24-13-19-20-21-24)12-14-4-2-1-3-5-14/h1-6,11,13,15H,7-10,12H2. The molecule has 9 heteroatoms. The lowest BCUT2D eigenvalue weighted by Crippen LogP contribution is -2.51. The van der Waals surface area contributed by atoms with E-state index >= 15 is 0 Å². The predicted molar refractivity (Wildman–Crippen MR) is 97.9 cm³/mol. The van der Waals surface area contributed by atoms with Gasteiger partial charge in [0, 0.05) is 44.2 Å². The van der Waals surface area contributed by atoms with E-state index in [1.165, 1.54) is 6.33 Å². The molecule has 1 unspecified atom stereocenters. The van der Waals surface area contributed by atoms with Crippen LogP contribution in [-0.4, -0.2) is 62.2 Å². The molecule has 8 nitrogen and oxygen atoms in total. The highest BCUT2D eigenvalue weighted by Gasteiger charge is 2.30. The zero-order valence-corrected chi connectivity index (χ0v) is 15.0. The molecule has 1 atom stereocenters. The predicted octanol–water partition coefficient (Wildman–Crippen LogP) is 1.26. The topological polar surface area (TPSA) is 80.0 Å². The van der Waals surface area contributed by atoms with Crippen LogP contribution < -0.4 is 4.90 Å². The van der Waals surface area contributed by atoms with Gasteiger partial charge in [-0.15, -0.1) is 16.4 Å². The van der Waals surface area contributed by atoms with Gasteiger partial charge in [-0.3, -0.25) is 4.79 Å². The zero-order chi connectivity index (χ0) is 17.8. The second kappa shape index (κ2) is 7.61. The third-order valence-corrected chi connectivity index (χ3v) is 5.35. The first kappa shape index (κ1) is 16.6. The van der Waals surface area contributed by atoms with Gasteiger partial charge < -0.3 is 9.80 Å². The monoisotopic (exact) mass is 369 g/mol. The Morgan fingerprint density at radius 3 is 2.62 bits per heavy atom. The quantitative estimate of drug-likeness (QED) is 0.674. The zero-order valence-electron chi connectivity index (χ0n) is 14.2. The van der Waals surface area contributed by atoms with Crippen LogP contribution in [-0.2, 0) is 11.2 Å². The van der Waals surface area contributed by atoms with Crippen LogP contribution in [0.2, 0.25) is 0 Å². The van der Waals surface area contributed by atoms with Gasteiger partial charge in [0.1, 0.15) is 12.4 Å². The third-order valence-electron chi connectivity index (χ3n) is 4.52. The Hall–Kier alpha value is -2.81. The van der Waals surface area contributed by atoms with Crippen LogP contribution in [0.3, 0.4) is 0 Å². The molecule has 1 aromatic carbocycles. The van der Waals surface area contributed by atoms with Gasteiger partial charge in [-0.25, -0.2) is 9.67 Å². The lowest BCUT2D eigenvalue weighted by atomic mass is 10.0. The Kier molecular flexibility index (Phi) is 4.87. The minimum absolute atomic E-state index is 0.0555. The van der Waals surface area contributed by atoms with E-state index in [4.69, 9.17) is 0 Å². The molecule has 1 fully saturated rings. The Bertz CT molecular complexity index is 814. The number of thiazole rings is 1. The molecule has 0 saturated carbocycles. The number of piperazine rings is 1. The van der Waals surface area contributed by atoms with Crippen molar-refractivity contribution in [3.8, 4) is 0 Å². The van der Waals surface area contributed by atoms with E-state index in [-0.39, 0.29) is 5.91 Å². The summed E-state index contributed by atoms with van der Waals surface area (Å²) in [5.74, 6) is 0.0555. The molecule has 1 amide bonds. The number of carbonyl (C=O) groups is 1. The second-order valence-corrected chi connectivity index (χ2v) is 7.00. The summed E-state index contributed by atoms with van der Waals surface area (Å²) in [6, 6.07) is 9.52. The molecular formula is C17H19N7OS. The highest BCUT2D eigenvalue weighted by molar-refractivity contribution is 7.13. The van der Waals surface area contributed by atoms with E-state index in [2.05, 4.69) is 25.4 Å². The van der Waals surface area contributed by atoms with Crippen molar-refractivity contribution in [2.24, 2.45) is 0 Å². The first-order valence-electron chi connectivity index (χ1n) is 8.51. The molecular weight excluding hydrogens is 350 g/mol. The summed E-state index contributed by atoms with van der Waals surface area (Å²) in [7, 11) is 0. The number of nitrogens with zero attached hydrogens (tertiary/aromatic N) is 7. The van der Waals surface area contributed by atoms with Crippen molar-refractivity contribution >= 4 is 22.4 Å². The van der Waals surface area contributed by atoms with Crippen LogP contribution in [0.4, 0.5) is 5.13 Å². The molecule has 0 aliphatic carbocycles. The van der Waals surface area contributed by atoms with E-state index in [0.717, 1.165) is 23.8 Å². The maximum absolute atomic E-state index is 13.2. The SMILES string of the molecule is O=C(C(Cc1ccccc1)n1cnnn1)N1CCN(c2nccs2)CC1. The average Bonchev–Trinajstić information content (AvgIpc) is 3.40. The maximum atomic E-state index is 13.2. The largest absolute Gasteiger partial charge is 0.345 e. The number of hydrogen-bond donors (Lipinski definition) is 0. The van der Waals surface area contributed by atoms with Crippen molar-refractivity contribution in [3.63, 3.8) is 0 Å². The molecule has 0 N–H and O–H groups in total. The van der Waals surface area contributed by atoms with Crippen molar-refractivity contribution in [1.82, 2.24) is 30.1 Å². The van der Waals surface area contributed by atoms with Gasteiger partial charge in [-0.1, -0.05) is 30.3 Å². The van der Waals surface area contributed by atoms with Gasteiger partial charge in [0.05, 0.1) is 0 Å². The van der Waals surface area contributed by atoms with Gasteiger partial charge in [0.25, 0.3) is 0 Å². The fraction of sp³-hybridized carbons (Fsp3) is 0.353. The lowest BCUT2D eigenvalue weighted by molar-refractivity contribution is -0.135. The number of rotatable bonds is 5. The Morgan fingerprint density at radius 2 is 1.96 bits per heavy atom. The van der Waals surface area contributed by atoms with Crippen LogP contribution >= 0.6 is 11.3 Å². The van der Waals surface area contributed by atoms with Crippen molar-refractivity contribution in [3.05, 3.63) is 53.8 Å². The van der Waals surface area contributed by atoms with Crippen LogP contribution in [0.5, 0.6) is 0 Å².